The summed E-state index contributed by atoms with van der Waals surface area (Å²) in [6, 6.07) is 4.17. The maximum Gasteiger partial charge on any atom is 0.123 e. The van der Waals surface area contributed by atoms with E-state index in [2.05, 4.69) is 4.90 Å². The van der Waals surface area contributed by atoms with Gasteiger partial charge in [0.05, 0.1) is 18.8 Å². The van der Waals surface area contributed by atoms with Gasteiger partial charge in [-0.3, -0.25) is 0 Å². The second kappa shape index (κ2) is 5.97. The van der Waals surface area contributed by atoms with Crippen LogP contribution in [0.25, 0.3) is 0 Å². The zero-order chi connectivity index (χ0) is 13.1. The van der Waals surface area contributed by atoms with E-state index in [1.54, 1.807) is 0 Å². The number of benzene rings is 1. The Morgan fingerprint density at radius 2 is 2.39 bits per heavy atom. The Kier molecular flexibility index (Phi) is 4.56. The van der Waals surface area contributed by atoms with Crippen molar-refractivity contribution >= 4 is 11.6 Å². The highest BCUT2D eigenvalue weighted by Crippen LogP contribution is 2.20. The molecule has 1 aliphatic heterocycles. The zero-order valence-corrected chi connectivity index (χ0v) is 11.0. The van der Waals surface area contributed by atoms with Gasteiger partial charge >= 0.3 is 0 Å². The summed E-state index contributed by atoms with van der Waals surface area (Å²) in [5, 5.41) is 10.6. The molecule has 1 aromatic rings. The van der Waals surface area contributed by atoms with E-state index in [9.17, 15) is 9.50 Å². The van der Waals surface area contributed by atoms with Crippen molar-refractivity contribution in [2.24, 2.45) is 0 Å². The zero-order valence-electron chi connectivity index (χ0n) is 10.3. The van der Waals surface area contributed by atoms with Crippen LogP contribution in [0.5, 0.6) is 0 Å². The predicted octanol–water partition coefficient (Wildman–Crippen LogP) is 1.71. The number of aliphatic hydroxyl groups excluding tert-OH is 1. The molecule has 0 saturated carbocycles. The molecule has 1 N–H and O–H groups in total. The summed E-state index contributed by atoms with van der Waals surface area (Å²) in [4.78, 5) is 2.10. The number of morpholine rings is 1. The minimum Gasteiger partial charge on any atom is -0.390 e. The number of hydrogen-bond acceptors (Lipinski definition) is 3. The SMILES string of the molecule is CN1CCOC(C(O)Cc2cc(F)ccc2Cl)C1. The minimum atomic E-state index is -0.674. The van der Waals surface area contributed by atoms with Gasteiger partial charge in [0.2, 0.25) is 0 Å². The number of aliphatic hydroxyl groups is 1. The van der Waals surface area contributed by atoms with E-state index >= 15 is 0 Å². The molecule has 1 fully saturated rings. The largest absolute Gasteiger partial charge is 0.390 e. The van der Waals surface area contributed by atoms with E-state index < -0.39 is 6.10 Å². The Morgan fingerprint density at radius 3 is 3.11 bits per heavy atom. The molecule has 2 atom stereocenters. The lowest BCUT2D eigenvalue weighted by atomic mass is 10.0. The number of rotatable bonds is 3. The summed E-state index contributed by atoms with van der Waals surface area (Å²) in [6.45, 7) is 2.15. The smallest absolute Gasteiger partial charge is 0.123 e. The van der Waals surface area contributed by atoms with Crippen molar-refractivity contribution in [3.8, 4) is 0 Å². The van der Waals surface area contributed by atoms with E-state index in [0.29, 0.717) is 30.2 Å². The van der Waals surface area contributed by atoms with E-state index in [-0.39, 0.29) is 11.9 Å². The topological polar surface area (TPSA) is 32.7 Å². The fraction of sp³-hybridized carbons (Fsp3) is 0.538. The van der Waals surface area contributed by atoms with Crippen LogP contribution >= 0.6 is 11.6 Å². The second-order valence-corrected chi connectivity index (χ2v) is 5.09. The molecular weight excluding hydrogens is 257 g/mol. The monoisotopic (exact) mass is 273 g/mol. The lowest BCUT2D eigenvalue weighted by Gasteiger charge is -2.33. The van der Waals surface area contributed by atoms with Gasteiger partial charge in [0.1, 0.15) is 5.82 Å². The van der Waals surface area contributed by atoms with Crippen LogP contribution in [0.4, 0.5) is 4.39 Å². The van der Waals surface area contributed by atoms with Crippen LogP contribution in [-0.4, -0.2) is 49.0 Å². The van der Waals surface area contributed by atoms with Gasteiger partial charge in [-0.25, -0.2) is 4.39 Å². The molecular formula is C13H17ClFNO2. The number of halogens is 2. The van der Waals surface area contributed by atoms with Gasteiger partial charge < -0.3 is 14.7 Å². The summed E-state index contributed by atoms with van der Waals surface area (Å²) in [5.74, 6) is -0.344. The molecule has 2 unspecified atom stereocenters. The lowest BCUT2D eigenvalue weighted by Crippen LogP contribution is -2.46. The average Bonchev–Trinajstić information content (AvgIpc) is 2.34. The first-order valence-electron chi connectivity index (χ1n) is 5.98. The Morgan fingerprint density at radius 1 is 1.61 bits per heavy atom. The Labute approximate surface area is 111 Å². The Balaban J connectivity index is 2.01. The fourth-order valence-corrected chi connectivity index (χ4v) is 2.30. The second-order valence-electron chi connectivity index (χ2n) is 4.68. The van der Waals surface area contributed by atoms with Crippen LogP contribution in [0.2, 0.25) is 5.02 Å². The predicted molar refractivity (Wildman–Crippen MR) is 68.4 cm³/mol. The Hall–Kier alpha value is -0.680. The number of hydrogen-bond donors (Lipinski definition) is 1. The molecule has 5 heteroatoms. The molecule has 1 heterocycles. The van der Waals surface area contributed by atoms with Crippen molar-refractivity contribution < 1.29 is 14.2 Å². The molecule has 1 saturated heterocycles. The van der Waals surface area contributed by atoms with Crippen LogP contribution in [-0.2, 0) is 11.2 Å². The fourth-order valence-electron chi connectivity index (χ4n) is 2.10. The summed E-state index contributed by atoms with van der Waals surface area (Å²) >= 11 is 5.98. The van der Waals surface area contributed by atoms with Crippen molar-refractivity contribution in [3.63, 3.8) is 0 Å². The van der Waals surface area contributed by atoms with Gasteiger partial charge in [-0.1, -0.05) is 11.6 Å². The molecule has 0 bridgehead atoms. The van der Waals surface area contributed by atoms with Crippen LogP contribution in [0.1, 0.15) is 5.56 Å². The van der Waals surface area contributed by atoms with Crippen molar-refractivity contribution in [1.29, 1.82) is 0 Å². The normalized spacial score (nSPS) is 23.0. The van der Waals surface area contributed by atoms with Crippen LogP contribution in [0, 0.1) is 5.82 Å². The number of ether oxygens (including phenoxy) is 1. The quantitative estimate of drug-likeness (QED) is 0.910. The molecule has 0 aromatic heterocycles. The summed E-state index contributed by atoms with van der Waals surface area (Å²) in [7, 11) is 1.98. The third-order valence-electron chi connectivity index (χ3n) is 3.16. The van der Waals surface area contributed by atoms with Crippen molar-refractivity contribution in [1.82, 2.24) is 4.90 Å². The van der Waals surface area contributed by atoms with E-state index in [4.69, 9.17) is 16.3 Å². The Bertz CT molecular complexity index is 416. The van der Waals surface area contributed by atoms with Gasteiger partial charge in [-0.05, 0) is 30.8 Å². The van der Waals surface area contributed by atoms with E-state index in [1.165, 1.54) is 18.2 Å². The van der Waals surface area contributed by atoms with E-state index in [0.717, 1.165) is 6.54 Å². The maximum absolute atomic E-state index is 13.1. The van der Waals surface area contributed by atoms with Gasteiger partial charge in [-0.2, -0.15) is 0 Å². The summed E-state index contributed by atoms with van der Waals surface area (Å²) < 4.78 is 18.6. The standard InChI is InChI=1S/C13H17ClFNO2/c1-16-4-5-18-13(8-16)12(17)7-9-6-10(15)2-3-11(9)14/h2-3,6,12-13,17H,4-5,7-8H2,1H3. The first kappa shape index (κ1) is 13.7. The highest BCUT2D eigenvalue weighted by Gasteiger charge is 2.25. The molecule has 100 valence electrons. The minimum absolute atomic E-state index is 0.247. The summed E-state index contributed by atoms with van der Waals surface area (Å²) in [5.41, 5.74) is 0.612. The molecule has 0 aliphatic carbocycles. The van der Waals surface area contributed by atoms with Gasteiger partial charge in [-0.15, -0.1) is 0 Å². The summed E-state index contributed by atoms with van der Waals surface area (Å²) in [6.07, 6.45) is -0.620. The molecule has 2 rings (SSSR count). The first-order chi connectivity index (χ1) is 8.56. The van der Waals surface area contributed by atoms with Gasteiger partial charge in [0.15, 0.2) is 0 Å². The number of likely N-dealkylation sites (N-methyl/N-ethyl adjacent to an activating group) is 1. The average molecular weight is 274 g/mol. The van der Waals surface area contributed by atoms with Crippen LogP contribution in [0.15, 0.2) is 18.2 Å². The molecule has 1 aromatic carbocycles. The molecule has 18 heavy (non-hydrogen) atoms. The van der Waals surface area contributed by atoms with Crippen molar-refractivity contribution in [3.05, 3.63) is 34.6 Å². The van der Waals surface area contributed by atoms with Crippen LogP contribution < -0.4 is 0 Å². The first-order valence-corrected chi connectivity index (χ1v) is 6.36. The van der Waals surface area contributed by atoms with Crippen molar-refractivity contribution in [2.45, 2.75) is 18.6 Å². The van der Waals surface area contributed by atoms with Crippen molar-refractivity contribution in [2.75, 3.05) is 26.7 Å². The molecule has 0 amide bonds. The maximum atomic E-state index is 13.1. The van der Waals surface area contributed by atoms with E-state index in [1.807, 2.05) is 7.05 Å². The third-order valence-corrected chi connectivity index (χ3v) is 3.53. The third kappa shape index (κ3) is 3.42. The van der Waals surface area contributed by atoms with Gasteiger partial charge in [0.25, 0.3) is 0 Å². The number of nitrogens with zero attached hydrogens (tertiary/aromatic N) is 1. The highest BCUT2D eigenvalue weighted by molar-refractivity contribution is 6.31. The lowest BCUT2D eigenvalue weighted by molar-refractivity contribution is -0.0823. The molecule has 1 aliphatic rings. The van der Waals surface area contributed by atoms with Crippen LogP contribution in [0.3, 0.4) is 0 Å². The highest BCUT2D eigenvalue weighted by atomic mass is 35.5. The molecule has 0 spiro atoms. The molecule has 3 nitrogen and oxygen atoms in total. The molecule has 0 radical (unpaired) electrons. The van der Waals surface area contributed by atoms with Gasteiger partial charge in [0, 0.05) is 24.5 Å².